The van der Waals surface area contributed by atoms with Gasteiger partial charge in [0.15, 0.2) is 0 Å². The molecule has 0 heterocycles. The molecule has 59 heavy (non-hydrogen) atoms. The second kappa shape index (κ2) is 28.6. The summed E-state index contributed by atoms with van der Waals surface area (Å²) in [6, 6.07) is 22.4. The van der Waals surface area contributed by atoms with Crippen molar-refractivity contribution in [3.63, 3.8) is 0 Å². The molecule has 0 atom stereocenters. The van der Waals surface area contributed by atoms with Gasteiger partial charge in [-0.1, -0.05) is 147 Å². The molecule has 0 saturated carbocycles. The van der Waals surface area contributed by atoms with Crippen molar-refractivity contribution in [1.82, 2.24) is 0 Å². The predicted octanol–water partition coefficient (Wildman–Crippen LogP) is 11.7. The summed E-state index contributed by atoms with van der Waals surface area (Å²) < 4.78 is 75.4. The molecule has 0 bridgehead atoms. The summed E-state index contributed by atoms with van der Waals surface area (Å²) in [7, 11) is -9.22. The van der Waals surface area contributed by atoms with Crippen LogP contribution < -0.4 is 14.6 Å². The zero-order valence-electron chi connectivity index (χ0n) is 34.9. The van der Waals surface area contributed by atoms with E-state index in [0.717, 1.165) is 31.0 Å². The van der Waals surface area contributed by atoms with Crippen molar-refractivity contribution in [3.05, 3.63) is 96.1 Å². The molecule has 320 valence electrons. The Morgan fingerprint density at radius 1 is 0.492 bits per heavy atom. The maximum atomic E-state index is 11.7. The molecule has 0 unspecified atom stereocenters. The number of hydrogen-bond donors (Lipinski definition) is 2. The van der Waals surface area contributed by atoms with Crippen LogP contribution in [0.1, 0.15) is 141 Å². The molecule has 10 nitrogen and oxygen atoms in total. The van der Waals surface area contributed by atoms with Gasteiger partial charge in [0.05, 0.1) is 0 Å². The van der Waals surface area contributed by atoms with E-state index in [0.29, 0.717) is 17.2 Å². The van der Waals surface area contributed by atoms with E-state index in [1.165, 1.54) is 145 Å². The SMILES string of the molecule is CCCCCCCCCCCc1ccc(Oc2ccc(S(=O)(=O)O)c(O)c2)cc1.CCCCCCCCCCCc1ccc(Oc2ccc(S(=O)(=O)[O-])c([O-])c2)cc1.[Ca+2]. The maximum absolute atomic E-state index is 11.7. The Balaban J connectivity index is 0.000000400. The summed E-state index contributed by atoms with van der Waals surface area (Å²) in [5, 5.41) is 21.5. The third-order valence-electron chi connectivity index (χ3n) is 9.85. The second-order valence-electron chi connectivity index (χ2n) is 14.8. The largest absolute Gasteiger partial charge is 2.00 e. The number of hydrogen-bond acceptors (Lipinski definition) is 9. The Labute approximate surface area is 383 Å². The molecule has 0 aliphatic rings. The van der Waals surface area contributed by atoms with E-state index in [4.69, 9.17) is 14.0 Å². The van der Waals surface area contributed by atoms with E-state index in [-0.39, 0.29) is 43.5 Å². The standard InChI is InChI=1S/2C23H32O5S.Ca/c2*1-2-3-4-5-6-7-8-9-10-11-19-12-14-20(15-13-19)28-21-16-17-23(22(24)18-21)29(25,26)27;/h2*12-18,24H,2-11H2,1H3,(H,25,26,27);/q;;+2/p-2. The van der Waals surface area contributed by atoms with Gasteiger partial charge in [0.1, 0.15) is 43.8 Å². The average molecular weight is 879 g/mol. The summed E-state index contributed by atoms with van der Waals surface area (Å²) in [5.74, 6) is 0.236. The Hall–Kier alpha value is -2.84. The summed E-state index contributed by atoms with van der Waals surface area (Å²) in [6.07, 6.45) is 25.6. The van der Waals surface area contributed by atoms with Crippen molar-refractivity contribution in [2.75, 3.05) is 0 Å². The molecule has 4 rings (SSSR count). The van der Waals surface area contributed by atoms with Crippen molar-refractivity contribution in [2.24, 2.45) is 0 Å². The van der Waals surface area contributed by atoms with Crippen LogP contribution in [0, 0.1) is 0 Å². The number of phenols is 1. The number of benzene rings is 4. The normalized spacial score (nSPS) is 11.3. The van der Waals surface area contributed by atoms with Crippen molar-refractivity contribution < 1.29 is 45.6 Å². The maximum Gasteiger partial charge on any atom is 2.00 e. The fraction of sp³-hybridized carbons (Fsp3) is 0.478. The van der Waals surface area contributed by atoms with Gasteiger partial charge >= 0.3 is 37.7 Å². The van der Waals surface area contributed by atoms with Gasteiger partial charge in [-0.3, -0.25) is 4.55 Å². The topological polar surface area (TPSA) is 173 Å². The van der Waals surface area contributed by atoms with Crippen LogP contribution in [0.3, 0.4) is 0 Å². The average Bonchev–Trinajstić information content (AvgIpc) is 3.17. The molecule has 0 radical (unpaired) electrons. The van der Waals surface area contributed by atoms with Crippen LogP contribution in [0.2, 0.25) is 0 Å². The van der Waals surface area contributed by atoms with E-state index in [2.05, 4.69) is 13.8 Å². The molecule has 4 aromatic carbocycles. The van der Waals surface area contributed by atoms with Gasteiger partial charge in [-0.05, 0) is 91.4 Å². The fourth-order valence-electron chi connectivity index (χ4n) is 6.54. The molecule has 0 aliphatic carbocycles. The molecule has 0 aromatic heterocycles. The van der Waals surface area contributed by atoms with E-state index in [1.807, 2.05) is 48.5 Å². The van der Waals surface area contributed by atoms with Crippen LogP contribution in [0.25, 0.3) is 0 Å². The number of phenolic OH excluding ortho intramolecular Hbond substituents is 1. The van der Waals surface area contributed by atoms with Crippen LogP contribution in [0.15, 0.2) is 94.7 Å². The van der Waals surface area contributed by atoms with Gasteiger partial charge < -0.3 is 24.2 Å². The zero-order valence-corrected chi connectivity index (χ0v) is 38.8. The van der Waals surface area contributed by atoms with E-state index >= 15 is 0 Å². The minimum atomic E-state index is -4.77. The number of aromatic hydroxyl groups is 1. The first-order chi connectivity index (χ1) is 27.8. The summed E-state index contributed by atoms with van der Waals surface area (Å²) in [4.78, 5) is -1.30. The molecule has 4 aromatic rings. The van der Waals surface area contributed by atoms with Gasteiger partial charge in [-0.25, -0.2) is 8.42 Å². The minimum Gasteiger partial charge on any atom is -0.872 e. The quantitative estimate of drug-likeness (QED) is 0.0351. The van der Waals surface area contributed by atoms with Gasteiger partial charge in [-0.2, -0.15) is 8.42 Å². The van der Waals surface area contributed by atoms with E-state index < -0.39 is 41.5 Å². The molecule has 13 heteroatoms. The Morgan fingerprint density at radius 2 is 0.831 bits per heavy atom. The molecular weight excluding hydrogens is 817 g/mol. The van der Waals surface area contributed by atoms with Crippen LogP contribution in [0.4, 0.5) is 0 Å². The fourth-order valence-corrected chi connectivity index (χ4v) is 7.64. The summed E-state index contributed by atoms with van der Waals surface area (Å²) in [6.45, 7) is 4.48. The first-order valence-electron chi connectivity index (χ1n) is 20.9. The molecule has 0 spiro atoms. The summed E-state index contributed by atoms with van der Waals surface area (Å²) in [5.41, 5.74) is 2.49. The first-order valence-corrected chi connectivity index (χ1v) is 23.8. The Morgan fingerprint density at radius 3 is 1.17 bits per heavy atom. The van der Waals surface area contributed by atoms with Crippen molar-refractivity contribution in [2.45, 2.75) is 152 Å². The molecular formula is C46H62CaO10S2. The number of aryl methyl sites for hydroxylation is 2. The number of unbranched alkanes of at least 4 members (excludes halogenated alkanes) is 16. The van der Waals surface area contributed by atoms with Crippen molar-refractivity contribution in [3.8, 4) is 34.5 Å². The Kier molecular flexibility index (Phi) is 25.4. The predicted molar refractivity (Wildman–Crippen MR) is 232 cm³/mol. The van der Waals surface area contributed by atoms with Crippen molar-refractivity contribution >= 4 is 58.0 Å². The monoisotopic (exact) mass is 878 g/mol. The smallest absolute Gasteiger partial charge is 0.872 e. The van der Waals surface area contributed by atoms with Crippen LogP contribution in [0.5, 0.6) is 34.5 Å². The summed E-state index contributed by atoms with van der Waals surface area (Å²) >= 11 is 0. The van der Waals surface area contributed by atoms with Crippen molar-refractivity contribution in [1.29, 1.82) is 0 Å². The third-order valence-corrected chi connectivity index (χ3v) is 11.6. The van der Waals surface area contributed by atoms with Crippen LogP contribution in [-0.2, 0) is 33.1 Å². The van der Waals surface area contributed by atoms with E-state index in [1.54, 1.807) is 0 Å². The number of rotatable bonds is 26. The molecule has 0 saturated heterocycles. The van der Waals surface area contributed by atoms with E-state index in [9.17, 15) is 31.6 Å². The van der Waals surface area contributed by atoms with Gasteiger partial charge in [-0.15, -0.1) is 0 Å². The molecule has 0 fully saturated rings. The molecule has 2 N–H and O–H groups in total. The van der Waals surface area contributed by atoms with Gasteiger partial charge in [0.25, 0.3) is 10.1 Å². The molecule has 0 aliphatic heterocycles. The zero-order chi connectivity index (χ0) is 42.2. The molecule has 0 amide bonds. The van der Waals surface area contributed by atoms with Crippen LogP contribution >= 0.6 is 0 Å². The number of ether oxygens (including phenoxy) is 2. The van der Waals surface area contributed by atoms with Crippen LogP contribution in [-0.4, -0.2) is 68.8 Å². The van der Waals surface area contributed by atoms with Gasteiger partial charge in [0, 0.05) is 11.0 Å². The first kappa shape index (κ1) is 52.3. The minimum absolute atomic E-state index is 0. The second-order valence-corrected chi connectivity index (χ2v) is 17.6. The third kappa shape index (κ3) is 21.5. The Bertz CT molecular complexity index is 1840. The van der Waals surface area contributed by atoms with Gasteiger partial charge in [0.2, 0.25) is 0 Å².